The average Bonchev–Trinajstić information content (AvgIpc) is 2.17. The predicted octanol–water partition coefficient (Wildman–Crippen LogP) is 0.0309. The zero-order chi connectivity index (χ0) is 10.8. The number of nitrogens with two attached hydrogens (primary N) is 1. The van der Waals surface area contributed by atoms with Crippen molar-refractivity contribution in [3.8, 4) is 0 Å². The first kappa shape index (κ1) is 10.3. The van der Waals surface area contributed by atoms with Crippen LogP contribution >= 0.6 is 0 Å². The van der Waals surface area contributed by atoms with Crippen LogP contribution in [0.15, 0.2) is 12.4 Å². The van der Waals surface area contributed by atoms with Gasteiger partial charge in [0.15, 0.2) is 0 Å². The summed E-state index contributed by atoms with van der Waals surface area (Å²) in [4.78, 5) is 10.3. The van der Waals surface area contributed by atoms with Gasteiger partial charge in [0.25, 0.3) is 0 Å². The highest BCUT2D eigenvalue weighted by molar-refractivity contribution is 5.40. The summed E-state index contributed by atoms with van der Waals surface area (Å²) in [5.74, 6) is 0.849. The van der Waals surface area contributed by atoms with E-state index in [1.165, 1.54) is 0 Å². The Morgan fingerprint density at radius 3 is 3.00 bits per heavy atom. The third-order valence-corrected chi connectivity index (χ3v) is 2.70. The molecule has 1 aromatic heterocycles. The quantitative estimate of drug-likeness (QED) is 0.681. The molecular weight excluding hydrogens is 192 g/mol. The number of aliphatic hydroxyl groups is 1. The summed E-state index contributed by atoms with van der Waals surface area (Å²) in [5, 5.41) is 9.46. The van der Waals surface area contributed by atoms with Crippen LogP contribution in [0.3, 0.4) is 0 Å². The van der Waals surface area contributed by atoms with Gasteiger partial charge in [-0.3, -0.25) is 0 Å². The maximum atomic E-state index is 9.46. The Balaban J connectivity index is 2.17. The topological polar surface area (TPSA) is 75.3 Å². The van der Waals surface area contributed by atoms with Crippen molar-refractivity contribution < 1.29 is 5.11 Å². The van der Waals surface area contributed by atoms with Crippen LogP contribution in [0.25, 0.3) is 0 Å². The molecule has 0 amide bonds. The molecule has 1 aromatic rings. The van der Waals surface area contributed by atoms with Crippen LogP contribution in [0.4, 0.5) is 5.82 Å². The SMILES string of the molecule is Cc1cc(N2CCC(O)CC2N)ncn1. The fourth-order valence-electron chi connectivity index (χ4n) is 1.86. The third kappa shape index (κ3) is 2.24. The van der Waals surface area contributed by atoms with E-state index < -0.39 is 0 Å². The third-order valence-electron chi connectivity index (χ3n) is 2.70. The Bertz CT molecular complexity index is 344. The van der Waals surface area contributed by atoms with Crippen molar-refractivity contribution in [1.82, 2.24) is 9.97 Å². The lowest BCUT2D eigenvalue weighted by Crippen LogP contribution is -2.50. The van der Waals surface area contributed by atoms with E-state index in [4.69, 9.17) is 5.73 Å². The molecule has 5 nitrogen and oxygen atoms in total. The number of aromatic nitrogens is 2. The number of hydrogen-bond acceptors (Lipinski definition) is 5. The maximum absolute atomic E-state index is 9.46. The first-order valence-electron chi connectivity index (χ1n) is 5.16. The molecule has 15 heavy (non-hydrogen) atoms. The molecule has 82 valence electrons. The van der Waals surface area contributed by atoms with Gasteiger partial charge in [-0.15, -0.1) is 0 Å². The average molecular weight is 208 g/mol. The summed E-state index contributed by atoms with van der Waals surface area (Å²) in [6, 6.07) is 1.91. The summed E-state index contributed by atoms with van der Waals surface area (Å²) in [6.07, 6.45) is 2.46. The van der Waals surface area contributed by atoms with Crippen molar-refractivity contribution in [2.45, 2.75) is 32.0 Å². The van der Waals surface area contributed by atoms with Crippen LogP contribution in [0.1, 0.15) is 18.5 Å². The first-order valence-corrected chi connectivity index (χ1v) is 5.16. The first-order chi connectivity index (χ1) is 7.16. The number of aliphatic hydroxyl groups excluding tert-OH is 1. The molecule has 1 aliphatic heterocycles. The number of rotatable bonds is 1. The molecule has 2 heterocycles. The largest absolute Gasteiger partial charge is 0.393 e. The van der Waals surface area contributed by atoms with E-state index in [1.54, 1.807) is 6.33 Å². The summed E-state index contributed by atoms with van der Waals surface area (Å²) in [7, 11) is 0. The Kier molecular flexibility index (Phi) is 2.83. The van der Waals surface area contributed by atoms with Gasteiger partial charge in [0.2, 0.25) is 0 Å². The molecule has 0 bridgehead atoms. The molecule has 1 aliphatic rings. The van der Waals surface area contributed by atoms with Crippen molar-refractivity contribution in [2.24, 2.45) is 5.73 Å². The predicted molar refractivity (Wildman–Crippen MR) is 57.3 cm³/mol. The van der Waals surface area contributed by atoms with Crippen LogP contribution in [0.5, 0.6) is 0 Å². The van der Waals surface area contributed by atoms with E-state index in [1.807, 2.05) is 17.9 Å². The molecular formula is C10H16N4O. The van der Waals surface area contributed by atoms with Crippen molar-refractivity contribution in [3.63, 3.8) is 0 Å². The fraction of sp³-hybridized carbons (Fsp3) is 0.600. The van der Waals surface area contributed by atoms with Crippen molar-refractivity contribution >= 4 is 5.82 Å². The minimum absolute atomic E-state index is 0.150. The molecule has 0 aromatic carbocycles. The standard InChI is InChI=1S/C10H16N4O/c1-7-4-10(13-6-12-7)14-3-2-8(15)5-9(14)11/h4,6,8-9,15H,2-3,5,11H2,1H3. The molecule has 2 rings (SSSR count). The Labute approximate surface area is 88.9 Å². The Morgan fingerprint density at radius 1 is 1.53 bits per heavy atom. The molecule has 5 heteroatoms. The van der Waals surface area contributed by atoms with Crippen LogP contribution in [-0.2, 0) is 0 Å². The summed E-state index contributed by atoms with van der Waals surface area (Å²) >= 11 is 0. The number of nitrogens with zero attached hydrogens (tertiary/aromatic N) is 3. The maximum Gasteiger partial charge on any atom is 0.133 e. The van der Waals surface area contributed by atoms with Crippen LogP contribution in [-0.4, -0.2) is 33.9 Å². The van der Waals surface area contributed by atoms with Gasteiger partial charge in [-0.1, -0.05) is 0 Å². The molecule has 2 unspecified atom stereocenters. The Hall–Kier alpha value is -1.20. The summed E-state index contributed by atoms with van der Waals surface area (Å²) in [5.41, 5.74) is 6.89. The number of aryl methyl sites for hydroxylation is 1. The number of piperidine rings is 1. The van der Waals surface area contributed by atoms with E-state index in [9.17, 15) is 5.11 Å². The number of anilines is 1. The van der Waals surface area contributed by atoms with E-state index in [-0.39, 0.29) is 12.3 Å². The zero-order valence-corrected chi connectivity index (χ0v) is 8.80. The lowest BCUT2D eigenvalue weighted by Gasteiger charge is -2.36. The van der Waals surface area contributed by atoms with Gasteiger partial charge >= 0.3 is 0 Å². The highest BCUT2D eigenvalue weighted by Gasteiger charge is 2.25. The highest BCUT2D eigenvalue weighted by atomic mass is 16.3. The highest BCUT2D eigenvalue weighted by Crippen LogP contribution is 2.20. The molecule has 0 saturated carbocycles. The van der Waals surface area contributed by atoms with E-state index in [0.717, 1.165) is 24.5 Å². The monoisotopic (exact) mass is 208 g/mol. The van der Waals surface area contributed by atoms with E-state index >= 15 is 0 Å². The lowest BCUT2D eigenvalue weighted by molar-refractivity contribution is 0.129. The molecule has 0 aliphatic carbocycles. The number of hydrogen-bond donors (Lipinski definition) is 2. The lowest BCUT2D eigenvalue weighted by atomic mass is 10.1. The van der Waals surface area contributed by atoms with Gasteiger partial charge in [0.1, 0.15) is 12.1 Å². The Morgan fingerprint density at radius 2 is 2.33 bits per heavy atom. The molecule has 3 N–H and O–H groups in total. The molecule has 1 fully saturated rings. The van der Waals surface area contributed by atoms with Crippen LogP contribution < -0.4 is 10.6 Å². The molecule has 0 spiro atoms. The van der Waals surface area contributed by atoms with Crippen LogP contribution in [0.2, 0.25) is 0 Å². The second-order valence-electron chi connectivity index (χ2n) is 3.96. The van der Waals surface area contributed by atoms with Crippen LogP contribution in [0, 0.1) is 6.92 Å². The molecule has 1 saturated heterocycles. The van der Waals surface area contributed by atoms with Gasteiger partial charge < -0.3 is 15.7 Å². The van der Waals surface area contributed by atoms with Gasteiger partial charge in [-0.2, -0.15) is 0 Å². The molecule has 2 atom stereocenters. The zero-order valence-electron chi connectivity index (χ0n) is 8.80. The van der Waals surface area contributed by atoms with E-state index in [0.29, 0.717) is 6.42 Å². The minimum Gasteiger partial charge on any atom is -0.393 e. The van der Waals surface area contributed by atoms with Crippen molar-refractivity contribution in [1.29, 1.82) is 0 Å². The minimum atomic E-state index is -0.279. The second kappa shape index (κ2) is 4.12. The van der Waals surface area contributed by atoms with Crippen molar-refractivity contribution in [2.75, 3.05) is 11.4 Å². The van der Waals surface area contributed by atoms with Crippen molar-refractivity contribution in [3.05, 3.63) is 18.1 Å². The van der Waals surface area contributed by atoms with E-state index in [2.05, 4.69) is 9.97 Å². The second-order valence-corrected chi connectivity index (χ2v) is 3.96. The fourth-order valence-corrected chi connectivity index (χ4v) is 1.86. The van der Waals surface area contributed by atoms with Gasteiger partial charge in [-0.05, 0) is 13.3 Å². The summed E-state index contributed by atoms with van der Waals surface area (Å²) < 4.78 is 0. The van der Waals surface area contributed by atoms with Gasteiger partial charge in [0.05, 0.1) is 12.3 Å². The molecule has 0 radical (unpaired) electrons. The smallest absolute Gasteiger partial charge is 0.133 e. The van der Waals surface area contributed by atoms with Gasteiger partial charge in [-0.25, -0.2) is 9.97 Å². The summed E-state index contributed by atoms with van der Waals surface area (Å²) in [6.45, 7) is 2.67. The van der Waals surface area contributed by atoms with Gasteiger partial charge in [0, 0.05) is 24.7 Å². The normalized spacial score (nSPS) is 26.7.